The van der Waals surface area contributed by atoms with Crippen LogP contribution in [0.2, 0.25) is 5.02 Å². The molecule has 0 saturated heterocycles. The molecule has 3 nitrogen and oxygen atoms in total. The first-order valence-electron chi connectivity index (χ1n) is 4.17. The van der Waals surface area contributed by atoms with Gasteiger partial charge >= 0.3 is 5.97 Å². The Morgan fingerprint density at radius 2 is 2.21 bits per heavy atom. The summed E-state index contributed by atoms with van der Waals surface area (Å²) in [4.78, 5) is 10.4. The minimum Gasteiger partial charge on any atom is -0.479 e. The second-order valence-corrected chi connectivity index (χ2v) is 3.50. The van der Waals surface area contributed by atoms with Crippen molar-refractivity contribution in [3.05, 3.63) is 34.3 Å². The quantitative estimate of drug-likeness (QED) is 0.804. The Hall–Kier alpha value is -1.06. The van der Waals surface area contributed by atoms with Crippen LogP contribution in [0.4, 0.5) is 0 Å². The summed E-state index contributed by atoms with van der Waals surface area (Å²) in [6, 6.07) is 5.29. The van der Waals surface area contributed by atoms with Crippen molar-refractivity contribution in [2.45, 2.75) is 19.4 Å². The number of aliphatic hydroxyl groups excluding tert-OH is 1. The lowest BCUT2D eigenvalue weighted by molar-refractivity contribution is -0.146. The normalized spacial score (nSPS) is 12.5. The van der Waals surface area contributed by atoms with E-state index in [4.69, 9.17) is 16.7 Å². The number of hydrogen-bond donors (Lipinski definition) is 2. The molecule has 0 aromatic heterocycles. The Morgan fingerprint density at radius 1 is 1.57 bits per heavy atom. The second-order valence-electron chi connectivity index (χ2n) is 3.09. The van der Waals surface area contributed by atoms with Gasteiger partial charge in [0.1, 0.15) is 0 Å². The van der Waals surface area contributed by atoms with Gasteiger partial charge in [-0.05, 0) is 24.1 Å². The van der Waals surface area contributed by atoms with E-state index in [1.54, 1.807) is 12.1 Å². The predicted octanol–water partition coefficient (Wildman–Crippen LogP) is 1.64. The van der Waals surface area contributed by atoms with E-state index in [0.29, 0.717) is 10.6 Å². The summed E-state index contributed by atoms with van der Waals surface area (Å²) in [5.41, 5.74) is 1.57. The monoisotopic (exact) mass is 214 g/mol. The summed E-state index contributed by atoms with van der Waals surface area (Å²) in [7, 11) is 0. The van der Waals surface area contributed by atoms with Crippen molar-refractivity contribution in [1.82, 2.24) is 0 Å². The lowest BCUT2D eigenvalue weighted by Gasteiger charge is -2.10. The van der Waals surface area contributed by atoms with Crippen molar-refractivity contribution in [2.75, 3.05) is 0 Å². The maximum atomic E-state index is 10.4. The van der Waals surface area contributed by atoms with Crippen LogP contribution >= 0.6 is 11.6 Å². The zero-order valence-electron chi connectivity index (χ0n) is 7.70. The highest BCUT2D eigenvalue weighted by Gasteiger charge is 2.16. The first kappa shape index (κ1) is 11.0. The van der Waals surface area contributed by atoms with Crippen molar-refractivity contribution in [2.24, 2.45) is 0 Å². The van der Waals surface area contributed by atoms with E-state index in [9.17, 15) is 9.90 Å². The molecule has 0 saturated carbocycles. The molecule has 0 radical (unpaired) electrons. The Bertz CT molecular complexity index is 329. The summed E-state index contributed by atoms with van der Waals surface area (Å²) < 4.78 is 0. The van der Waals surface area contributed by atoms with Gasteiger partial charge in [-0.2, -0.15) is 0 Å². The number of aliphatic hydroxyl groups is 1. The summed E-state index contributed by atoms with van der Waals surface area (Å²) in [6.45, 7) is 1.83. The van der Waals surface area contributed by atoms with E-state index < -0.39 is 12.1 Å². The minimum atomic E-state index is -1.39. The van der Waals surface area contributed by atoms with Gasteiger partial charge in [-0.25, -0.2) is 4.79 Å². The molecule has 1 atom stereocenters. The van der Waals surface area contributed by atoms with Crippen LogP contribution in [0.1, 0.15) is 11.1 Å². The molecule has 0 bridgehead atoms. The number of halogens is 1. The van der Waals surface area contributed by atoms with Crippen LogP contribution in [0.15, 0.2) is 18.2 Å². The fourth-order valence-corrected chi connectivity index (χ4v) is 1.50. The molecule has 1 rings (SSSR count). The molecule has 1 unspecified atom stereocenters. The topological polar surface area (TPSA) is 57.5 Å². The predicted molar refractivity (Wildman–Crippen MR) is 53.5 cm³/mol. The van der Waals surface area contributed by atoms with Crippen LogP contribution in [0, 0.1) is 6.92 Å². The van der Waals surface area contributed by atoms with Crippen LogP contribution in [0.25, 0.3) is 0 Å². The molecule has 0 aliphatic carbocycles. The highest BCUT2D eigenvalue weighted by Crippen LogP contribution is 2.20. The highest BCUT2D eigenvalue weighted by atomic mass is 35.5. The number of carboxylic acid groups (broad SMARTS) is 1. The average Bonchev–Trinajstić information content (AvgIpc) is 2.11. The van der Waals surface area contributed by atoms with Gasteiger partial charge in [0, 0.05) is 11.4 Å². The number of rotatable bonds is 3. The first-order valence-corrected chi connectivity index (χ1v) is 4.55. The molecule has 0 aliphatic heterocycles. The Labute approximate surface area is 86.9 Å². The first-order chi connectivity index (χ1) is 6.52. The van der Waals surface area contributed by atoms with Gasteiger partial charge in [0.15, 0.2) is 6.10 Å². The van der Waals surface area contributed by atoms with E-state index in [0.717, 1.165) is 5.56 Å². The van der Waals surface area contributed by atoms with Crippen LogP contribution in [-0.2, 0) is 11.2 Å². The Kier molecular flexibility index (Phi) is 3.49. The minimum absolute atomic E-state index is 0.0425. The van der Waals surface area contributed by atoms with Crippen LogP contribution in [-0.4, -0.2) is 22.3 Å². The molecular formula is C10H11ClO3. The highest BCUT2D eigenvalue weighted by molar-refractivity contribution is 6.31. The molecule has 0 amide bonds. The smallest absolute Gasteiger partial charge is 0.332 e. The van der Waals surface area contributed by atoms with Gasteiger partial charge in [0.05, 0.1) is 0 Å². The van der Waals surface area contributed by atoms with Gasteiger partial charge in [0.25, 0.3) is 0 Å². The Balaban J connectivity index is 2.91. The van der Waals surface area contributed by atoms with Crippen molar-refractivity contribution < 1.29 is 15.0 Å². The number of aliphatic carboxylic acids is 1. The lowest BCUT2D eigenvalue weighted by Crippen LogP contribution is -2.22. The fourth-order valence-electron chi connectivity index (χ4n) is 1.21. The van der Waals surface area contributed by atoms with E-state index in [2.05, 4.69) is 0 Å². The zero-order valence-corrected chi connectivity index (χ0v) is 8.45. The molecular weight excluding hydrogens is 204 g/mol. The van der Waals surface area contributed by atoms with Crippen LogP contribution < -0.4 is 0 Å². The zero-order chi connectivity index (χ0) is 10.7. The third-order valence-electron chi connectivity index (χ3n) is 2.04. The molecule has 2 N–H and O–H groups in total. The molecule has 0 heterocycles. The number of aryl methyl sites for hydroxylation is 1. The van der Waals surface area contributed by atoms with Crippen molar-refractivity contribution in [3.8, 4) is 0 Å². The van der Waals surface area contributed by atoms with Crippen molar-refractivity contribution >= 4 is 17.6 Å². The van der Waals surface area contributed by atoms with Crippen molar-refractivity contribution in [1.29, 1.82) is 0 Å². The summed E-state index contributed by atoms with van der Waals surface area (Å²) in [5.74, 6) is -1.23. The van der Waals surface area contributed by atoms with Gasteiger partial charge in [0.2, 0.25) is 0 Å². The van der Waals surface area contributed by atoms with E-state index in [1.807, 2.05) is 13.0 Å². The Morgan fingerprint density at radius 3 is 2.71 bits per heavy atom. The maximum absolute atomic E-state index is 10.4. The second kappa shape index (κ2) is 4.44. The molecule has 0 fully saturated rings. The van der Waals surface area contributed by atoms with Gasteiger partial charge in [-0.15, -0.1) is 0 Å². The summed E-state index contributed by atoms with van der Waals surface area (Å²) in [5, 5.41) is 18.2. The summed E-state index contributed by atoms with van der Waals surface area (Å²) in [6.07, 6.45) is -1.35. The van der Waals surface area contributed by atoms with Crippen LogP contribution in [0.3, 0.4) is 0 Å². The van der Waals surface area contributed by atoms with E-state index in [1.165, 1.54) is 0 Å². The van der Waals surface area contributed by atoms with E-state index in [-0.39, 0.29) is 6.42 Å². The van der Waals surface area contributed by atoms with Crippen molar-refractivity contribution in [3.63, 3.8) is 0 Å². The lowest BCUT2D eigenvalue weighted by atomic mass is 10.0. The number of benzene rings is 1. The molecule has 1 aromatic carbocycles. The third-order valence-corrected chi connectivity index (χ3v) is 2.39. The molecule has 1 aromatic rings. The fraction of sp³-hybridized carbons (Fsp3) is 0.300. The van der Waals surface area contributed by atoms with Gasteiger partial charge in [-0.3, -0.25) is 0 Å². The third kappa shape index (κ3) is 2.47. The van der Waals surface area contributed by atoms with Crippen LogP contribution in [0.5, 0.6) is 0 Å². The number of hydrogen-bond acceptors (Lipinski definition) is 2. The SMILES string of the molecule is Cc1cccc(Cl)c1CC(O)C(=O)O. The van der Waals surface area contributed by atoms with E-state index >= 15 is 0 Å². The molecule has 4 heteroatoms. The molecule has 76 valence electrons. The number of carbonyl (C=O) groups is 1. The molecule has 14 heavy (non-hydrogen) atoms. The standard InChI is InChI=1S/C10H11ClO3/c1-6-3-2-4-8(11)7(6)5-9(12)10(13)14/h2-4,9,12H,5H2,1H3,(H,13,14). The van der Waals surface area contributed by atoms with Gasteiger partial charge < -0.3 is 10.2 Å². The average molecular weight is 215 g/mol. The summed E-state index contributed by atoms with van der Waals surface area (Å²) >= 11 is 5.87. The van der Waals surface area contributed by atoms with Gasteiger partial charge in [-0.1, -0.05) is 23.7 Å². The molecule has 0 spiro atoms. The molecule has 0 aliphatic rings. The largest absolute Gasteiger partial charge is 0.479 e. The number of carboxylic acids is 1. The maximum Gasteiger partial charge on any atom is 0.332 e.